The molecular formula is C11H13ClN2O. The summed E-state index contributed by atoms with van der Waals surface area (Å²) in [6, 6.07) is 7.72. The summed E-state index contributed by atoms with van der Waals surface area (Å²) in [7, 11) is 1.59. The van der Waals surface area contributed by atoms with Crippen LogP contribution in [0.5, 0.6) is 5.75 Å². The lowest BCUT2D eigenvalue weighted by Gasteiger charge is -2.06. The third-order valence-electron chi connectivity index (χ3n) is 1.96. The van der Waals surface area contributed by atoms with Crippen LogP contribution < -0.4 is 10.1 Å². The number of rotatable bonds is 5. The predicted molar refractivity (Wildman–Crippen MR) is 59.9 cm³/mol. The Balaban J connectivity index is 2.49. The minimum absolute atomic E-state index is 0.518. The minimum Gasteiger partial charge on any atom is -0.495 e. The van der Waals surface area contributed by atoms with Crippen LogP contribution in [0.1, 0.15) is 12.0 Å². The molecule has 0 aliphatic rings. The van der Waals surface area contributed by atoms with Gasteiger partial charge in [0.2, 0.25) is 0 Å². The molecule has 0 aromatic heterocycles. The van der Waals surface area contributed by atoms with E-state index in [9.17, 15) is 0 Å². The lowest BCUT2D eigenvalue weighted by Crippen LogP contribution is -2.14. The number of methoxy groups -OCH3 is 1. The molecule has 1 N–H and O–H groups in total. The fourth-order valence-electron chi connectivity index (χ4n) is 1.20. The maximum atomic E-state index is 8.35. The topological polar surface area (TPSA) is 45.0 Å². The Labute approximate surface area is 94.6 Å². The summed E-state index contributed by atoms with van der Waals surface area (Å²) in [6.45, 7) is 1.41. The highest BCUT2D eigenvalue weighted by Gasteiger charge is 2.00. The van der Waals surface area contributed by atoms with Gasteiger partial charge in [-0.15, -0.1) is 0 Å². The summed E-state index contributed by atoms with van der Waals surface area (Å²) in [5, 5.41) is 12.1. The average molecular weight is 225 g/mol. The van der Waals surface area contributed by atoms with Gasteiger partial charge in [0.1, 0.15) is 5.75 Å². The molecule has 0 spiro atoms. The molecule has 0 fully saturated rings. The first-order valence-corrected chi connectivity index (χ1v) is 5.06. The highest BCUT2D eigenvalue weighted by Crippen LogP contribution is 2.24. The Bertz CT molecular complexity index is 360. The molecule has 0 amide bonds. The van der Waals surface area contributed by atoms with E-state index in [-0.39, 0.29) is 0 Å². The van der Waals surface area contributed by atoms with Gasteiger partial charge in [0, 0.05) is 19.5 Å². The maximum absolute atomic E-state index is 8.35. The second kappa shape index (κ2) is 6.28. The van der Waals surface area contributed by atoms with Gasteiger partial charge in [-0.1, -0.05) is 17.7 Å². The molecule has 1 aromatic rings. The highest BCUT2D eigenvalue weighted by atomic mass is 35.5. The Kier molecular flexibility index (Phi) is 4.96. The monoisotopic (exact) mass is 224 g/mol. The zero-order chi connectivity index (χ0) is 11.1. The average Bonchev–Trinajstić information content (AvgIpc) is 2.25. The fraction of sp³-hybridized carbons (Fsp3) is 0.364. The lowest BCUT2D eigenvalue weighted by atomic mass is 10.2. The molecule has 0 heterocycles. The number of nitrogens with one attached hydrogen (secondary N) is 1. The summed E-state index contributed by atoms with van der Waals surface area (Å²) >= 11 is 5.96. The van der Waals surface area contributed by atoms with E-state index in [4.69, 9.17) is 21.6 Å². The first-order valence-electron chi connectivity index (χ1n) is 4.68. The van der Waals surface area contributed by atoms with E-state index in [1.54, 1.807) is 7.11 Å². The van der Waals surface area contributed by atoms with E-state index in [2.05, 4.69) is 11.4 Å². The van der Waals surface area contributed by atoms with Gasteiger partial charge in [0.05, 0.1) is 18.2 Å². The zero-order valence-corrected chi connectivity index (χ0v) is 9.34. The number of nitrogens with zero attached hydrogens (tertiary/aromatic N) is 1. The Morgan fingerprint density at radius 2 is 2.33 bits per heavy atom. The Morgan fingerprint density at radius 1 is 1.53 bits per heavy atom. The molecule has 1 aromatic carbocycles. The standard InChI is InChI=1S/C11H13ClN2O/c1-15-11-4-3-9(7-10(11)12)8-14-6-2-5-13/h3-4,7,14H,2,6,8H2,1H3. The van der Waals surface area contributed by atoms with E-state index in [0.29, 0.717) is 30.3 Å². The van der Waals surface area contributed by atoms with Gasteiger partial charge in [-0.05, 0) is 17.7 Å². The fourth-order valence-corrected chi connectivity index (χ4v) is 1.48. The normalized spacial score (nSPS) is 9.67. The minimum atomic E-state index is 0.518. The number of hydrogen-bond acceptors (Lipinski definition) is 3. The summed E-state index contributed by atoms with van der Waals surface area (Å²) in [4.78, 5) is 0. The number of ether oxygens (including phenoxy) is 1. The van der Waals surface area contributed by atoms with Crippen LogP contribution in [-0.4, -0.2) is 13.7 Å². The van der Waals surface area contributed by atoms with E-state index in [1.807, 2.05) is 18.2 Å². The molecule has 80 valence electrons. The van der Waals surface area contributed by atoms with Gasteiger partial charge >= 0.3 is 0 Å². The van der Waals surface area contributed by atoms with Crippen molar-refractivity contribution in [2.24, 2.45) is 0 Å². The Morgan fingerprint density at radius 3 is 2.93 bits per heavy atom. The third kappa shape index (κ3) is 3.78. The molecule has 0 aliphatic heterocycles. The first-order chi connectivity index (χ1) is 7.27. The van der Waals surface area contributed by atoms with Gasteiger partial charge in [0.25, 0.3) is 0 Å². The van der Waals surface area contributed by atoms with E-state index in [1.165, 1.54) is 0 Å². The van der Waals surface area contributed by atoms with Crippen molar-refractivity contribution >= 4 is 11.6 Å². The maximum Gasteiger partial charge on any atom is 0.137 e. The first kappa shape index (κ1) is 11.8. The third-order valence-corrected chi connectivity index (χ3v) is 2.25. The van der Waals surface area contributed by atoms with Gasteiger partial charge in [-0.25, -0.2) is 0 Å². The zero-order valence-electron chi connectivity index (χ0n) is 8.59. The number of nitriles is 1. The SMILES string of the molecule is COc1ccc(CNCCC#N)cc1Cl. The highest BCUT2D eigenvalue weighted by molar-refractivity contribution is 6.32. The summed E-state index contributed by atoms with van der Waals surface area (Å²) in [6.07, 6.45) is 0.518. The summed E-state index contributed by atoms with van der Waals surface area (Å²) < 4.78 is 5.05. The number of benzene rings is 1. The summed E-state index contributed by atoms with van der Waals surface area (Å²) in [5.74, 6) is 0.678. The second-order valence-electron chi connectivity index (χ2n) is 3.05. The van der Waals surface area contributed by atoms with Crippen molar-refractivity contribution in [3.8, 4) is 11.8 Å². The van der Waals surface area contributed by atoms with E-state index < -0.39 is 0 Å². The molecule has 0 unspecified atom stereocenters. The van der Waals surface area contributed by atoms with Gasteiger partial charge < -0.3 is 10.1 Å². The Hall–Kier alpha value is -1.24. The van der Waals surface area contributed by atoms with Gasteiger partial charge in [0.15, 0.2) is 0 Å². The van der Waals surface area contributed by atoms with Crippen molar-refractivity contribution in [2.45, 2.75) is 13.0 Å². The van der Waals surface area contributed by atoms with Gasteiger partial charge in [-0.3, -0.25) is 0 Å². The van der Waals surface area contributed by atoms with Crippen LogP contribution in [0.15, 0.2) is 18.2 Å². The van der Waals surface area contributed by atoms with Crippen molar-refractivity contribution in [1.29, 1.82) is 5.26 Å². The van der Waals surface area contributed by atoms with Crippen LogP contribution in [-0.2, 0) is 6.54 Å². The number of hydrogen-bond donors (Lipinski definition) is 1. The van der Waals surface area contributed by atoms with Crippen molar-refractivity contribution in [3.63, 3.8) is 0 Å². The molecular weight excluding hydrogens is 212 g/mol. The molecule has 0 saturated heterocycles. The molecule has 0 atom stereocenters. The van der Waals surface area contributed by atoms with E-state index in [0.717, 1.165) is 5.56 Å². The lowest BCUT2D eigenvalue weighted by molar-refractivity contribution is 0.415. The molecule has 0 bridgehead atoms. The smallest absolute Gasteiger partial charge is 0.137 e. The van der Waals surface area contributed by atoms with Crippen molar-refractivity contribution < 1.29 is 4.74 Å². The van der Waals surface area contributed by atoms with Crippen LogP contribution in [0.4, 0.5) is 0 Å². The van der Waals surface area contributed by atoms with Crippen molar-refractivity contribution in [2.75, 3.05) is 13.7 Å². The molecule has 0 aliphatic carbocycles. The van der Waals surface area contributed by atoms with Crippen LogP contribution >= 0.6 is 11.6 Å². The van der Waals surface area contributed by atoms with Crippen LogP contribution in [0.2, 0.25) is 5.02 Å². The quantitative estimate of drug-likeness (QED) is 0.781. The van der Waals surface area contributed by atoms with Crippen molar-refractivity contribution in [3.05, 3.63) is 28.8 Å². The van der Waals surface area contributed by atoms with Gasteiger partial charge in [-0.2, -0.15) is 5.26 Å². The molecule has 4 heteroatoms. The predicted octanol–water partition coefficient (Wildman–Crippen LogP) is 2.35. The summed E-state index contributed by atoms with van der Waals surface area (Å²) in [5.41, 5.74) is 1.08. The van der Waals surface area contributed by atoms with Crippen LogP contribution in [0.25, 0.3) is 0 Å². The van der Waals surface area contributed by atoms with E-state index >= 15 is 0 Å². The molecule has 0 radical (unpaired) electrons. The van der Waals surface area contributed by atoms with Crippen LogP contribution in [0.3, 0.4) is 0 Å². The van der Waals surface area contributed by atoms with Crippen LogP contribution in [0, 0.1) is 11.3 Å². The molecule has 0 saturated carbocycles. The molecule has 3 nitrogen and oxygen atoms in total. The molecule has 1 rings (SSSR count). The molecule has 15 heavy (non-hydrogen) atoms. The van der Waals surface area contributed by atoms with Crippen molar-refractivity contribution in [1.82, 2.24) is 5.32 Å². The number of halogens is 1. The largest absolute Gasteiger partial charge is 0.495 e. The second-order valence-corrected chi connectivity index (χ2v) is 3.46.